The molecule has 1 N–H and O–H groups in total. The van der Waals surface area contributed by atoms with Crippen molar-refractivity contribution >= 4 is 20.4 Å². The van der Waals surface area contributed by atoms with Crippen molar-refractivity contribution in [3.63, 3.8) is 0 Å². The van der Waals surface area contributed by atoms with Crippen molar-refractivity contribution in [2.45, 2.75) is 103 Å². The van der Waals surface area contributed by atoms with E-state index in [2.05, 4.69) is 0 Å². The van der Waals surface area contributed by atoms with E-state index in [0.29, 0.717) is 17.8 Å². The molecule has 0 aromatic carbocycles. The van der Waals surface area contributed by atoms with Crippen molar-refractivity contribution in [1.82, 2.24) is 4.90 Å². The molecule has 3 unspecified atom stereocenters. The Morgan fingerprint density at radius 3 is 2.42 bits per heavy atom. The Hall–Kier alpha value is -1.58. The zero-order chi connectivity index (χ0) is 27.6. The van der Waals surface area contributed by atoms with E-state index in [1.807, 2.05) is 32.8 Å². The zero-order valence-corrected chi connectivity index (χ0v) is 24.0. The Bertz CT molecular complexity index is 860. The summed E-state index contributed by atoms with van der Waals surface area (Å²) in [7, 11) is 5.21. The molecular weight excluding hydrogens is 489 g/mol. The lowest BCUT2D eigenvalue weighted by atomic mass is 9.80. The van der Waals surface area contributed by atoms with Crippen molar-refractivity contribution in [2.75, 3.05) is 21.2 Å². The van der Waals surface area contributed by atoms with Crippen LogP contribution in [0.5, 0.6) is 0 Å². The van der Waals surface area contributed by atoms with Crippen LogP contribution in [0.3, 0.4) is 0 Å². The summed E-state index contributed by atoms with van der Waals surface area (Å²) in [6.07, 6.45) is -1.06. The minimum absolute atomic E-state index is 0.0681. The number of rotatable bonds is 11. The summed E-state index contributed by atoms with van der Waals surface area (Å²) >= 11 is 0. The van der Waals surface area contributed by atoms with Crippen LogP contribution < -0.4 is 0 Å². The number of carbonyl (C=O) groups excluding carboxylic acids is 1. The van der Waals surface area contributed by atoms with Gasteiger partial charge < -0.3 is 33.7 Å². The second kappa shape index (κ2) is 11.9. The molecule has 1 fully saturated rings. The smallest absolute Gasteiger partial charge is 0.340 e. The molecule has 0 spiro atoms. The first kappa shape index (κ1) is 30.6. The van der Waals surface area contributed by atoms with Gasteiger partial charge in [-0.05, 0) is 47.7 Å². The van der Waals surface area contributed by atoms with Gasteiger partial charge in [0, 0.05) is 32.9 Å². The molecule has 0 bridgehead atoms. The molecule has 0 aromatic heterocycles. The fourth-order valence-corrected chi connectivity index (χ4v) is 5.82. The quantitative estimate of drug-likeness (QED) is 0.311. The summed E-state index contributed by atoms with van der Waals surface area (Å²) < 4.78 is 42.4. The summed E-state index contributed by atoms with van der Waals surface area (Å²) in [6.45, 7) is 12.0. The molecule has 0 radical (unpaired) electrons. The average molecular weight is 532 g/mol. The van der Waals surface area contributed by atoms with Gasteiger partial charge in [0.25, 0.3) is 0 Å². The van der Waals surface area contributed by atoms with Gasteiger partial charge in [0.15, 0.2) is 14.8 Å². The van der Waals surface area contributed by atoms with Gasteiger partial charge in [-0.3, -0.25) is 9.36 Å². The van der Waals surface area contributed by atoms with E-state index in [1.54, 1.807) is 34.6 Å². The molecule has 10 nitrogen and oxygen atoms in total. The predicted molar refractivity (Wildman–Crippen MR) is 133 cm³/mol. The van der Waals surface area contributed by atoms with E-state index < -0.39 is 53.2 Å². The maximum Gasteiger partial charge on any atom is 0.340 e. The van der Waals surface area contributed by atoms with Gasteiger partial charge in [0.05, 0.1) is 29.3 Å². The molecule has 2 heterocycles. The first-order valence-electron chi connectivity index (χ1n) is 12.3. The fraction of sp³-hybridized carbons (Fsp3) is 0.840. The summed E-state index contributed by atoms with van der Waals surface area (Å²) in [4.78, 5) is 26.4. The van der Waals surface area contributed by atoms with Gasteiger partial charge in [-0.1, -0.05) is 13.8 Å². The number of ether oxygens (including phenoxy) is 5. The molecule has 2 aliphatic rings. The van der Waals surface area contributed by atoms with Crippen LogP contribution in [0.15, 0.2) is 11.3 Å². The molecule has 0 aliphatic carbocycles. The van der Waals surface area contributed by atoms with Crippen molar-refractivity contribution in [3.8, 4) is 0 Å². The highest BCUT2D eigenvalue weighted by molar-refractivity contribution is 7.24. The van der Waals surface area contributed by atoms with Crippen LogP contribution in [0, 0.1) is 11.8 Å². The van der Waals surface area contributed by atoms with Gasteiger partial charge in [-0.15, -0.1) is 0 Å². The van der Waals surface area contributed by atoms with Gasteiger partial charge >= 0.3 is 11.9 Å². The number of carboxylic acid groups (broad SMARTS) is 1. The molecule has 0 aromatic rings. The third kappa shape index (κ3) is 6.84. The lowest BCUT2D eigenvalue weighted by molar-refractivity contribution is -0.266. The normalized spacial score (nSPS) is 30.8. The van der Waals surface area contributed by atoms with Gasteiger partial charge in [-0.2, -0.15) is 0 Å². The van der Waals surface area contributed by atoms with Crippen LogP contribution in [0.4, 0.5) is 0 Å². The fourth-order valence-electron chi connectivity index (χ4n) is 5.06. The Balaban J connectivity index is 2.57. The Morgan fingerprint density at radius 1 is 1.31 bits per heavy atom. The summed E-state index contributed by atoms with van der Waals surface area (Å²) in [5, 5.41) is 9.62. The third-order valence-electron chi connectivity index (χ3n) is 7.12. The predicted octanol–water partition coefficient (Wildman–Crippen LogP) is 3.83. The van der Waals surface area contributed by atoms with E-state index in [4.69, 9.17) is 23.7 Å². The maximum absolute atomic E-state index is 12.6. The van der Waals surface area contributed by atoms with E-state index in [-0.39, 0.29) is 27.0 Å². The van der Waals surface area contributed by atoms with Crippen LogP contribution in [0.25, 0.3) is 0 Å². The van der Waals surface area contributed by atoms with Gasteiger partial charge in [0.1, 0.15) is 11.4 Å². The Kier molecular flexibility index (Phi) is 10.1. The highest BCUT2D eigenvalue weighted by atomic mass is 31.1. The average Bonchev–Trinajstić information content (AvgIpc) is 2.78. The third-order valence-corrected chi connectivity index (χ3v) is 7.95. The maximum atomic E-state index is 12.6. The largest absolute Gasteiger partial charge is 0.481 e. The van der Waals surface area contributed by atoms with Crippen molar-refractivity contribution in [3.05, 3.63) is 11.3 Å². The molecule has 1 saturated heterocycles. The number of nitrogens with zero attached hydrogens (tertiary/aromatic N) is 1. The molecule has 36 heavy (non-hydrogen) atoms. The molecule has 11 heteroatoms. The number of esters is 1. The van der Waals surface area contributed by atoms with Gasteiger partial charge in [-0.25, -0.2) is 4.79 Å². The summed E-state index contributed by atoms with van der Waals surface area (Å²) in [6, 6.07) is -0.0681. The second-order valence-corrected chi connectivity index (χ2v) is 11.7. The molecular formula is C25H42NO9P. The van der Waals surface area contributed by atoms with Crippen molar-refractivity contribution in [2.24, 2.45) is 11.8 Å². The highest BCUT2D eigenvalue weighted by Crippen LogP contribution is 2.41. The van der Waals surface area contributed by atoms with Crippen molar-refractivity contribution < 1.29 is 42.9 Å². The number of methoxy groups -OCH3 is 1. The van der Waals surface area contributed by atoms with Crippen molar-refractivity contribution in [1.29, 1.82) is 0 Å². The van der Waals surface area contributed by atoms with Crippen LogP contribution >= 0.6 is 8.46 Å². The zero-order valence-electron chi connectivity index (χ0n) is 23.1. The summed E-state index contributed by atoms with van der Waals surface area (Å²) in [5.41, 5.74) is -1.32. The highest BCUT2D eigenvalue weighted by Gasteiger charge is 2.50. The molecule has 2 rings (SSSR count). The minimum atomic E-state index is -1.19. The number of aliphatic carboxylic acids is 1. The van der Waals surface area contributed by atoms with Gasteiger partial charge in [0.2, 0.25) is 5.79 Å². The topological polar surface area (TPSA) is 121 Å². The molecule has 206 valence electrons. The van der Waals surface area contributed by atoms with Crippen LogP contribution in [-0.4, -0.2) is 84.7 Å². The second-order valence-electron chi connectivity index (χ2n) is 10.9. The Morgan fingerprint density at radius 2 is 1.92 bits per heavy atom. The lowest BCUT2D eigenvalue weighted by Gasteiger charge is -2.47. The number of hydrogen-bond donors (Lipinski definition) is 1. The first-order chi connectivity index (χ1) is 16.6. The number of cyclic esters (lactones) is 1. The number of hydrogen-bond acceptors (Lipinski definition) is 9. The molecule has 0 saturated carbocycles. The molecule has 0 amide bonds. The first-order valence-corrected chi connectivity index (χ1v) is 13.2. The standard InChI is InChI=1S/C25H42NO9P/c1-13(21(27)28)12-25(7,31-10)20(15(3)18-16(4)22(29)35-24(5,6)34-18)33-23-19(36-30)17(26(8)9)11-14(2)32-23/h13-15,17,19-20,23H,11-12H2,1-10H3,(H,27,28)/t13-,14?,15+,17?,19?,20-,23+,25-/m1/s1. The summed E-state index contributed by atoms with van der Waals surface area (Å²) in [5.74, 6) is -3.60. The minimum Gasteiger partial charge on any atom is -0.481 e. The number of carbonyl (C=O) groups is 2. The van der Waals surface area contributed by atoms with E-state index in [9.17, 15) is 19.3 Å². The van der Waals surface area contributed by atoms with Crippen LogP contribution in [0.2, 0.25) is 0 Å². The van der Waals surface area contributed by atoms with E-state index in [1.165, 1.54) is 7.11 Å². The lowest BCUT2D eigenvalue weighted by Crippen LogP contribution is -2.57. The van der Waals surface area contributed by atoms with E-state index >= 15 is 0 Å². The molecule has 8 atom stereocenters. The Labute approximate surface area is 215 Å². The number of carboxylic acids is 1. The van der Waals surface area contributed by atoms with Crippen LogP contribution in [0.1, 0.15) is 61.3 Å². The molecule has 2 aliphatic heterocycles. The van der Waals surface area contributed by atoms with Crippen LogP contribution in [-0.2, 0) is 37.8 Å². The SMILES string of the molecule is CO[C@](C)(C[C@@H](C)C(=O)O)[C@H](O[C@@H]1OC(C)CC(N(C)C)C1P=O)[C@@H](C)C1=C(C)C(=O)OC(C)(C)O1. The van der Waals surface area contributed by atoms with E-state index in [0.717, 1.165) is 0 Å². The monoisotopic (exact) mass is 531 g/mol.